The van der Waals surface area contributed by atoms with Crippen molar-refractivity contribution in [2.45, 2.75) is 30.7 Å². The van der Waals surface area contributed by atoms with Crippen molar-refractivity contribution >= 4 is 10.0 Å². The summed E-state index contributed by atoms with van der Waals surface area (Å²) in [6.07, 6.45) is 1.12. The molecule has 2 atom stereocenters. The van der Waals surface area contributed by atoms with Crippen molar-refractivity contribution < 1.29 is 17.2 Å². The number of halogens is 1. The lowest BCUT2D eigenvalue weighted by atomic mass is 10.3. The molecule has 0 unspecified atom stereocenters. The van der Waals surface area contributed by atoms with E-state index in [1.807, 2.05) is 12.1 Å². The van der Waals surface area contributed by atoms with E-state index in [2.05, 4.69) is 6.92 Å². The first-order valence-electron chi connectivity index (χ1n) is 7.18. The van der Waals surface area contributed by atoms with Gasteiger partial charge in [-0.2, -0.15) is 4.31 Å². The molecular weight excluding hydrogens is 305 g/mol. The zero-order valence-corrected chi connectivity index (χ0v) is 13.3. The number of hydrogen-bond acceptors (Lipinski definition) is 3. The van der Waals surface area contributed by atoms with Crippen LogP contribution < -0.4 is 0 Å². The summed E-state index contributed by atoms with van der Waals surface area (Å²) in [5.74, 6) is 2.18. The maximum absolute atomic E-state index is 12.9. The quantitative estimate of drug-likeness (QED) is 0.848. The molecule has 0 bridgehead atoms. The number of furan rings is 1. The fourth-order valence-electron chi connectivity index (χ4n) is 2.49. The van der Waals surface area contributed by atoms with Crippen LogP contribution >= 0.6 is 0 Å². The van der Waals surface area contributed by atoms with E-state index in [-0.39, 0.29) is 11.4 Å². The predicted molar refractivity (Wildman–Crippen MR) is 80.3 cm³/mol. The molecule has 0 spiro atoms. The van der Waals surface area contributed by atoms with E-state index in [4.69, 9.17) is 4.42 Å². The van der Waals surface area contributed by atoms with Gasteiger partial charge in [-0.05, 0) is 48.7 Å². The molecule has 1 heterocycles. The minimum Gasteiger partial charge on any atom is -0.464 e. The van der Waals surface area contributed by atoms with Crippen LogP contribution in [0.2, 0.25) is 0 Å². The molecule has 1 aliphatic rings. The Bertz CT molecular complexity index is 767. The van der Waals surface area contributed by atoms with Crippen LogP contribution in [0.4, 0.5) is 4.39 Å². The summed E-state index contributed by atoms with van der Waals surface area (Å²) in [6, 6.07) is 8.54. The van der Waals surface area contributed by atoms with E-state index in [0.29, 0.717) is 17.6 Å². The highest BCUT2D eigenvalue weighted by molar-refractivity contribution is 7.89. The van der Waals surface area contributed by atoms with Crippen LogP contribution in [0, 0.1) is 11.7 Å². The van der Waals surface area contributed by atoms with E-state index >= 15 is 0 Å². The van der Waals surface area contributed by atoms with E-state index in [9.17, 15) is 12.8 Å². The van der Waals surface area contributed by atoms with Gasteiger partial charge in [0, 0.05) is 13.0 Å². The SMILES string of the molecule is C[C@@H]1C[C@@H]1c1ccc(CN(C)S(=O)(=O)c2ccc(F)cc2)o1. The Labute approximate surface area is 129 Å². The first-order valence-corrected chi connectivity index (χ1v) is 8.62. The maximum atomic E-state index is 12.9. The molecule has 4 nitrogen and oxygen atoms in total. The summed E-state index contributed by atoms with van der Waals surface area (Å²) in [5.41, 5.74) is 0. The summed E-state index contributed by atoms with van der Waals surface area (Å²) < 4.78 is 44.7. The monoisotopic (exact) mass is 323 g/mol. The van der Waals surface area contributed by atoms with Crippen LogP contribution in [0.5, 0.6) is 0 Å². The highest BCUT2D eigenvalue weighted by Crippen LogP contribution is 2.47. The van der Waals surface area contributed by atoms with Gasteiger partial charge in [0.05, 0.1) is 11.4 Å². The van der Waals surface area contributed by atoms with E-state index < -0.39 is 15.8 Å². The molecule has 2 aromatic rings. The van der Waals surface area contributed by atoms with Gasteiger partial charge in [0.1, 0.15) is 17.3 Å². The Morgan fingerprint density at radius 2 is 1.86 bits per heavy atom. The van der Waals surface area contributed by atoms with Gasteiger partial charge in [-0.3, -0.25) is 0 Å². The third-order valence-corrected chi connectivity index (χ3v) is 5.88. The standard InChI is InChI=1S/C16H18FNO3S/c1-11-9-15(11)16-8-5-13(21-16)10-18(2)22(19,20)14-6-3-12(17)4-7-14/h3-8,11,15H,9-10H2,1-2H3/t11-,15+/m1/s1. The zero-order chi connectivity index (χ0) is 15.9. The van der Waals surface area contributed by atoms with Crippen molar-refractivity contribution in [3.05, 3.63) is 53.7 Å². The Hall–Kier alpha value is -1.66. The molecule has 1 aromatic carbocycles. The summed E-state index contributed by atoms with van der Waals surface area (Å²) in [6.45, 7) is 2.32. The van der Waals surface area contributed by atoms with E-state index in [1.165, 1.54) is 23.5 Å². The average Bonchev–Trinajstić information content (AvgIpc) is 3.02. The van der Waals surface area contributed by atoms with Crippen LogP contribution in [-0.4, -0.2) is 19.8 Å². The zero-order valence-electron chi connectivity index (χ0n) is 12.5. The number of rotatable bonds is 5. The fourth-order valence-corrected chi connectivity index (χ4v) is 3.63. The van der Waals surface area contributed by atoms with Crippen molar-refractivity contribution in [3.8, 4) is 0 Å². The summed E-state index contributed by atoms with van der Waals surface area (Å²) >= 11 is 0. The molecule has 1 fully saturated rings. The molecule has 0 N–H and O–H groups in total. The highest BCUT2D eigenvalue weighted by Gasteiger charge is 2.36. The first kappa shape index (κ1) is 15.2. The predicted octanol–water partition coefficient (Wildman–Crippen LogP) is 3.36. The molecule has 0 saturated heterocycles. The number of benzene rings is 1. The average molecular weight is 323 g/mol. The maximum Gasteiger partial charge on any atom is 0.243 e. The summed E-state index contributed by atoms with van der Waals surface area (Å²) in [7, 11) is -2.17. The number of nitrogens with zero attached hydrogens (tertiary/aromatic N) is 1. The molecule has 3 rings (SSSR count). The van der Waals surface area contributed by atoms with Gasteiger partial charge in [-0.1, -0.05) is 6.92 Å². The largest absolute Gasteiger partial charge is 0.464 e. The molecule has 22 heavy (non-hydrogen) atoms. The highest BCUT2D eigenvalue weighted by atomic mass is 32.2. The van der Waals surface area contributed by atoms with E-state index in [0.717, 1.165) is 24.3 Å². The van der Waals surface area contributed by atoms with Crippen molar-refractivity contribution in [2.24, 2.45) is 5.92 Å². The Morgan fingerprint density at radius 1 is 1.23 bits per heavy atom. The molecule has 1 aromatic heterocycles. The third kappa shape index (κ3) is 2.94. The van der Waals surface area contributed by atoms with Gasteiger partial charge in [-0.15, -0.1) is 0 Å². The second kappa shape index (κ2) is 5.52. The summed E-state index contributed by atoms with van der Waals surface area (Å²) in [4.78, 5) is 0.0685. The minimum absolute atomic E-state index is 0.0685. The lowest BCUT2D eigenvalue weighted by Crippen LogP contribution is -2.26. The van der Waals surface area contributed by atoms with Crippen molar-refractivity contribution in [1.29, 1.82) is 0 Å². The van der Waals surface area contributed by atoms with Gasteiger partial charge in [-0.25, -0.2) is 12.8 Å². The topological polar surface area (TPSA) is 50.5 Å². The van der Waals surface area contributed by atoms with Gasteiger partial charge in [0.15, 0.2) is 0 Å². The van der Waals surface area contributed by atoms with Crippen LogP contribution in [0.25, 0.3) is 0 Å². The smallest absolute Gasteiger partial charge is 0.243 e. The van der Waals surface area contributed by atoms with Crippen LogP contribution in [0.15, 0.2) is 45.7 Å². The van der Waals surface area contributed by atoms with Crippen molar-refractivity contribution in [1.82, 2.24) is 4.31 Å². The van der Waals surface area contributed by atoms with Gasteiger partial charge < -0.3 is 4.42 Å². The molecular formula is C16H18FNO3S. The van der Waals surface area contributed by atoms with Crippen LogP contribution in [0.3, 0.4) is 0 Å². The number of hydrogen-bond donors (Lipinski definition) is 0. The first-order chi connectivity index (χ1) is 10.4. The molecule has 6 heteroatoms. The van der Waals surface area contributed by atoms with Gasteiger partial charge >= 0.3 is 0 Å². The lowest BCUT2D eigenvalue weighted by Gasteiger charge is -2.15. The molecule has 1 saturated carbocycles. The number of sulfonamides is 1. The van der Waals surface area contributed by atoms with Gasteiger partial charge in [0.2, 0.25) is 10.0 Å². The fraction of sp³-hybridized carbons (Fsp3) is 0.375. The minimum atomic E-state index is -3.65. The molecule has 0 radical (unpaired) electrons. The third-order valence-electron chi connectivity index (χ3n) is 4.06. The van der Waals surface area contributed by atoms with E-state index in [1.54, 1.807) is 0 Å². The van der Waals surface area contributed by atoms with Gasteiger partial charge in [0.25, 0.3) is 0 Å². The normalized spacial score (nSPS) is 21.3. The second-order valence-corrected chi connectivity index (χ2v) is 7.88. The lowest BCUT2D eigenvalue weighted by molar-refractivity contribution is 0.389. The Morgan fingerprint density at radius 3 is 2.45 bits per heavy atom. The molecule has 0 amide bonds. The summed E-state index contributed by atoms with van der Waals surface area (Å²) in [5, 5.41) is 0. The Kier molecular flexibility index (Phi) is 3.82. The Balaban J connectivity index is 1.74. The molecule has 1 aliphatic carbocycles. The molecule has 118 valence electrons. The van der Waals surface area contributed by atoms with Crippen LogP contribution in [-0.2, 0) is 16.6 Å². The second-order valence-electron chi connectivity index (χ2n) is 5.84. The van der Waals surface area contributed by atoms with Crippen molar-refractivity contribution in [3.63, 3.8) is 0 Å². The van der Waals surface area contributed by atoms with Crippen LogP contribution in [0.1, 0.15) is 30.8 Å². The van der Waals surface area contributed by atoms with Crippen molar-refractivity contribution in [2.75, 3.05) is 7.05 Å². The molecule has 0 aliphatic heterocycles.